The lowest BCUT2D eigenvalue weighted by atomic mass is 10.1. The largest absolute Gasteiger partial charge is 0.394 e. The highest BCUT2D eigenvalue weighted by Crippen LogP contribution is 2.29. The Bertz CT molecular complexity index is 1070. The fourth-order valence-electron chi connectivity index (χ4n) is 2.71. The number of hydrogen-bond acceptors (Lipinski definition) is 4. The maximum atomic E-state index is 12.7. The number of aliphatic hydroxyl groups excluding tert-OH is 1. The Kier molecular flexibility index (Phi) is 7.05. The second kappa shape index (κ2) is 9.71. The molecule has 154 valence electrons. The summed E-state index contributed by atoms with van der Waals surface area (Å²) in [6, 6.07) is 14.6. The summed E-state index contributed by atoms with van der Waals surface area (Å²) in [6.07, 6.45) is 1.66. The van der Waals surface area contributed by atoms with E-state index in [9.17, 15) is 9.59 Å². The van der Waals surface area contributed by atoms with Crippen molar-refractivity contribution < 1.29 is 14.7 Å². The molecule has 0 aliphatic carbocycles. The summed E-state index contributed by atoms with van der Waals surface area (Å²) in [5.41, 5.74) is 2.41. The fraction of sp³-hybridized carbons (Fsp3) is 0.136. The maximum absolute atomic E-state index is 12.7. The second-order valence-corrected chi connectivity index (χ2v) is 7.43. The number of nitrogens with zero attached hydrogens (tertiary/aromatic N) is 1. The molecule has 8 heteroatoms. The first-order valence-electron chi connectivity index (χ1n) is 9.12. The Morgan fingerprint density at radius 2 is 1.83 bits per heavy atom. The lowest BCUT2D eigenvalue weighted by Crippen LogP contribution is -2.35. The van der Waals surface area contributed by atoms with Gasteiger partial charge in [0, 0.05) is 29.1 Å². The third-order valence-electron chi connectivity index (χ3n) is 4.29. The van der Waals surface area contributed by atoms with Crippen molar-refractivity contribution in [3.8, 4) is 11.3 Å². The van der Waals surface area contributed by atoms with E-state index in [-0.39, 0.29) is 23.1 Å². The summed E-state index contributed by atoms with van der Waals surface area (Å²) in [7, 11) is 0. The number of carbonyl (C=O) groups is 2. The number of benzene rings is 2. The van der Waals surface area contributed by atoms with Gasteiger partial charge in [0.05, 0.1) is 27.9 Å². The summed E-state index contributed by atoms with van der Waals surface area (Å²) < 4.78 is 0. The van der Waals surface area contributed by atoms with E-state index >= 15 is 0 Å². The highest BCUT2D eigenvalue weighted by molar-refractivity contribution is 6.35. The SMILES string of the molecule is CC(CO)NC(=O)c1ccc(C(=O)Nc2ccc(Cl)c(-c3ccccn3)c2)c(Cl)c1. The van der Waals surface area contributed by atoms with Crippen molar-refractivity contribution in [3.05, 3.63) is 82.0 Å². The minimum Gasteiger partial charge on any atom is -0.394 e. The van der Waals surface area contributed by atoms with E-state index in [0.29, 0.717) is 27.5 Å². The molecular formula is C22H19Cl2N3O3. The summed E-state index contributed by atoms with van der Waals surface area (Å²) in [4.78, 5) is 29.1. The van der Waals surface area contributed by atoms with E-state index in [0.717, 1.165) is 0 Å². The van der Waals surface area contributed by atoms with Crippen molar-refractivity contribution in [3.63, 3.8) is 0 Å². The van der Waals surface area contributed by atoms with Gasteiger partial charge in [-0.2, -0.15) is 0 Å². The molecule has 1 atom stereocenters. The normalized spacial score (nSPS) is 11.6. The lowest BCUT2D eigenvalue weighted by molar-refractivity contribution is 0.0921. The third-order valence-corrected chi connectivity index (χ3v) is 4.93. The van der Waals surface area contributed by atoms with Crippen molar-refractivity contribution in [1.82, 2.24) is 10.3 Å². The van der Waals surface area contributed by atoms with Gasteiger partial charge in [-0.1, -0.05) is 29.3 Å². The standard InChI is InChI=1S/C22H19Cl2N3O3/c1-13(12-28)26-21(29)14-5-7-16(19(24)10-14)22(30)27-15-6-8-18(23)17(11-15)20-4-2-3-9-25-20/h2-11,13,28H,12H2,1H3,(H,26,29)(H,27,30). The Labute approximate surface area is 183 Å². The molecule has 0 saturated heterocycles. The number of hydrogen-bond donors (Lipinski definition) is 3. The highest BCUT2D eigenvalue weighted by Gasteiger charge is 2.16. The molecule has 1 heterocycles. The van der Waals surface area contributed by atoms with Crippen LogP contribution in [0.15, 0.2) is 60.8 Å². The van der Waals surface area contributed by atoms with Crippen LogP contribution in [0, 0.1) is 0 Å². The number of anilines is 1. The average molecular weight is 444 g/mol. The van der Waals surface area contributed by atoms with Gasteiger partial charge in [-0.05, 0) is 55.5 Å². The molecule has 0 spiro atoms. The predicted molar refractivity (Wildman–Crippen MR) is 118 cm³/mol. The quantitative estimate of drug-likeness (QED) is 0.525. The van der Waals surface area contributed by atoms with E-state index in [1.807, 2.05) is 12.1 Å². The molecule has 1 unspecified atom stereocenters. The number of aromatic nitrogens is 1. The second-order valence-electron chi connectivity index (χ2n) is 6.62. The van der Waals surface area contributed by atoms with Gasteiger partial charge in [-0.25, -0.2) is 0 Å². The molecule has 2 aromatic carbocycles. The van der Waals surface area contributed by atoms with Crippen LogP contribution in [0.3, 0.4) is 0 Å². The monoisotopic (exact) mass is 443 g/mol. The van der Waals surface area contributed by atoms with Crippen LogP contribution in [0.25, 0.3) is 11.3 Å². The topological polar surface area (TPSA) is 91.3 Å². The van der Waals surface area contributed by atoms with E-state index in [2.05, 4.69) is 15.6 Å². The summed E-state index contributed by atoms with van der Waals surface area (Å²) in [6.45, 7) is 1.49. The van der Waals surface area contributed by atoms with Crippen LogP contribution >= 0.6 is 23.2 Å². The van der Waals surface area contributed by atoms with Crippen molar-refractivity contribution in [1.29, 1.82) is 0 Å². The minimum absolute atomic E-state index is 0.135. The maximum Gasteiger partial charge on any atom is 0.257 e. The van der Waals surface area contributed by atoms with Crippen molar-refractivity contribution >= 4 is 40.7 Å². The van der Waals surface area contributed by atoms with Crippen molar-refractivity contribution in [2.24, 2.45) is 0 Å². The van der Waals surface area contributed by atoms with Crippen LogP contribution in [0.5, 0.6) is 0 Å². The number of nitrogens with one attached hydrogen (secondary N) is 2. The first-order valence-corrected chi connectivity index (χ1v) is 9.88. The van der Waals surface area contributed by atoms with E-state index in [1.165, 1.54) is 18.2 Å². The smallest absolute Gasteiger partial charge is 0.257 e. The molecule has 1 aromatic heterocycles. The van der Waals surface area contributed by atoms with Gasteiger partial charge in [-0.3, -0.25) is 14.6 Å². The molecule has 0 aliphatic rings. The number of carbonyl (C=O) groups excluding carboxylic acids is 2. The van der Waals surface area contributed by atoms with Crippen LogP contribution in [0.2, 0.25) is 10.0 Å². The van der Waals surface area contributed by atoms with Crippen LogP contribution in [0.1, 0.15) is 27.6 Å². The van der Waals surface area contributed by atoms with Gasteiger partial charge in [-0.15, -0.1) is 0 Å². The van der Waals surface area contributed by atoms with Crippen LogP contribution < -0.4 is 10.6 Å². The molecule has 30 heavy (non-hydrogen) atoms. The zero-order chi connectivity index (χ0) is 21.7. The number of pyridine rings is 1. The molecule has 2 amide bonds. The molecule has 3 aromatic rings. The molecule has 0 aliphatic heterocycles. The highest BCUT2D eigenvalue weighted by atomic mass is 35.5. The fourth-order valence-corrected chi connectivity index (χ4v) is 3.19. The Morgan fingerprint density at radius 3 is 2.50 bits per heavy atom. The zero-order valence-corrected chi connectivity index (χ0v) is 17.5. The van der Waals surface area contributed by atoms with Gasteiger partial charge in [0.2, 0.25) is 0 Å². The molecule has 3 N–H and O–H groups in total. The number of aliphatic hydroxyl groups is 1. The molecular weight excluding hydrogens is 425 g/mol. The van der Waals surface area contributed by atoms with Crippen molar-refractivity contribution in [2.45, 2.75) is 13.0 Å². The predicted octanol–water partition coefficient (Wildman–Crippen LogP) is 4.42. The van der Waals surface area contributed by atoms with E-state index < -0.39 is 11.9 Å². The molecule has 3 rings (SSSR count). The van der Waals surface area contributed by atoms with Gasteiger partial charge >= 0.3 is 0 Å². The first kappa shape index (κ1) is 21.8. The van der Waals surface area contributed by atoms with E-state index in [1.54, 1.807) is 37.4 Å². The van der Waals surface area contributed by atoms with Gasteiger partial charge < -0.3 is 15.7 Å². The lowest BCUT2D eigenvalue weighted by Gasteiger charge is -2.12. The molecule has 0 radical (unpaired) electrons. The van der Waals surface area contributed by atoms with Crippen LogP contribution in [-0.4, -0.2) is 34.6 Å². The summed E-state index contributed by atoms with van der Waals surface area (Å²) >= 11 is 12.5. The molecule has 6 nitrogen and oxygen atoms in total. The molecule has 0 bridgehead atoms. The average Bonchev–Trinajstić information content (AvgIpc) is 2.75. The minimum atomic E-state index is -0.426. The summed E-state index contributed by atoms with van der Waals surface area (Å²) in [5, 5.41) is 15.1. The third kappa shape index (κ3) is 5.16. The Hall–Kier alpha value is -2.93. The number of halogens is 2. The molecule has 0 saturated carbocycles. The zero-order valence-electron chi connectivity index (χ0n) is 16.0. The van der Waals surface area contributed by atoms with E-state index in [4.69, 9.17) is 28.3 Å². The van der Waals surface area contributed by atoms with Gasteiger partial charge in [0.25, 0.3) is 11.8 Å². The number of rotatable bonds is 6. The van der Waals surface area contributed by atoms with Gasteiger partial charge in [0.15, 0.2) is 0 Å². The molecule has 0 fully saturated rings. The Morgan fingerprint density at radius 1 is 1.03 bits per heavy atom. The van der Waals surface area contributed by atoms with Crippen LogP contribution in [-0.2, 0) is 0 Å². The van der Waals surface area contributed by atoms with Crippen molar-refractivity contribution in [2.75, 3.05) is 11.9 Å². The van der Waals surface area contributed by atoms with Gasteiger partial charge in [0.1, 0.15) is 0 Å². The first-order chi connectivity index (χ1) is 14.4. The van der Waals surface area contributed by atoms with Crippen LogP contribution in [0.4, 0.5) is 5.69 Å². The Balaban J connectivity index is 1.79. The number of amides is 2. The summed E-state index contributed by atoms with van der Waals surface area (Å²) in [5.74, 6) is -0.812.